The Balaban J connectivity index is 1.71. The van der Waals surface area contributed by atoms with E-state index >= 15 is 0 Å². The highest BCUT2D eigenvalue weighted by molar-refractivity contribution is 6.06. The fourth-order valence-corrected chi connectivity index (χ4v) is 2.52. The molecule has 0 fully saturated rings. The molecule has 3 nitrogen and oxygen atoms in total. The number of carbonyl (C=O) groups excluding carboxylic acids is 1. The van der Waals surface area contributed by atoms with Crippen LogP contribution in [-0.2, 0) is 0 Å². The van der Waals surface area contributed by atoms with Gasteiger partial charge in [-0.2, -0.15) is 0 Å². The van der Waals surface area contributed by atoms with Crippen LogP contribution in [0, 0.1) is 0 Å². The first-order valence-electron chi connectivity index (χ1n) is 7.15. The van der Waals surface area contributed by atoms with Crippen molar-refractivity contribution >= 4 is 16.8 Å². The number of amides is 1. The summed E-state index contributed by atoms with van der Waals surface area (Å²) in [5, 5.41) is 3.99. The number of fused-ring (bicyclic) bond motifs is 1. The van der Waals surface area contributed by atoms with Crippen LogP contribution in [0.3, 0.4) is 0 Å². The third-order valence-corrected chi connectivity index (χ3v) is 3.78. The topological polar surface area (TPSA) is 44.9 Å². The molecule has 3 rings (SSSR count). The van der Waals surface area contributed by atoms with Gasteiger partial charge >= 0.3 is 0 Å². The summed E-state index contributed by atoms with van der Waals surface area (Å²) in [5.41, 5.74) is 2.94. The lowest BCUT2D eigenvalue weighted by molar-refractivity contribution is 0.0953. The van der Waals surface area contributed by atoms with Crippen molar-refractivity contribution in [2.45, 2.75) is 12.8 Å². The first kappa shape index (κ1) is 13.4. The Morgan fingerprint density at radius 2 is 1.90 bits per heavy atom. The summed E-state index contributed by atoms with van der Waals surface area (Å²) in [4.78, 5) is 15.5. The zero-order valence-corrected chi connectivity index (χ0v) is 12.0. The van der Waals surface area contributed by atoms with Gasteiger partial charge in [-0.3, -0.25) is 4.79 Å². The molecule has 1 atom stereocenters. The largest absolute Gasteiger partial charge is 0.361 e. The smallest absolute Gasteiger partial charge is 0.251 e. The van der Waals surface area contributed by atoms with E-state index in [0.29, 0.717) is 18.0 Å². The lowest BCUT2D eigenvalue weighted by atomic mass is 10.0. The third-order valence-electron chi connectivity index (χ3n) is 3.78. The minimum absolute atomic E-state index is 0.0250. The number of hydrogen-bond acceptors (Lipinski definition) is 1. The molecule has 0 aliphatic rings. The highest BCUT2D eigenvalue weighted by Crippen LogP contribution is 2.18. The number of carbonyl (C=O) groups is 1. The molecule has 0 spiro atoms. The Morgan fingerprint density at radius 3 is 2.71 bits per heavy atom. The van der Waals surface area contributed by atoms with Gasteiger partial charge < -0.3 is 10.3 Å². The molecule has 3 heteroatoms. The van der Waals surface area contributed by atoms with Gasteiger partial charge in [-0.15, -0.1) is 0 Å². The summed E-state index contributed by atoms with van der Waals surface area (Å²) in [6.45, 7) is 2.75. The molecule has 1 aromatic heterocycles. The van der Waals surface area contributed by atoms with Gasteiger partial charge in [0.25, 0.3) is 5.91 Å². The summed E-state index contributed by atoms with van der Waals surface area (Å²) in [7, 11) is 0. The van der Waals surface area contributed by atoms with Crippen LogP contribution in [0.25, 0.3) is 10.9 Å². The van der Waals surface area contributed by atoms with Gasteiger partial charge in [0.05, 0.1) is 0 Å². The van der Waals surface area contributed by atoms with Crippen LogP contribution in [0.2, 0.25) is 0 Å². The normalized spacial score (nSPS) is 12.2. The lowest BCUT2D eigenvalue weighted by Crippen LogP contribution is -2.27. The van der Waals surface area contributed by atoms with E-state index in [4.69, 9.17) is 0 Å². The van der Waals surface area contributed by atoms with Gasteiger partial charge in [0.1, 0.15) is 0 Å². The van der Waals surface area contributed by atoms with E-state index in [1.54, 1.807) is 0 Å². The maximum absolute atomic E-state index is 12.4. The van der Waals surface area contributed by atoms with E-state index < -0.39 is 0 Å². The standard InChI is InChI=1S/C18H18N2O/c1-13(14-6-3-2-4-7-14)12-20-18(21)16-8-5-9-17-15(16)10-11-19-17/h2-11,13,19H,12H2,1H3,(H,20,21). The molecule has 0 saturated carbocycles. The molecule has 1 amide bonds. The maximum Gasteiger partial charge on any atom is 0.251 e. The molecule has 3 aromatic rings. The second-order valence-electron chi connectivity index (χ2n) is 5.27. The summed E-state index contributed by atoms with van der Waals surface area (Å²) in [6.07, 6.45) is 1.86. The van der Waals surface area contributed by atoms with Crippen molar-refractivity contribution < 1.29 is 4.79 Å². The van der Waals surface area contributed by atoms with Crippen molar-refractivity contribution in [1.82, 2.24) is 10.3 Å². The van der Waals surface area contributed by atoms with Gasteiger partial charge in [0.2, 0.25) is 0 Å². The molecule has 0 aliphatic heterocycles. The fourth-order valence-electron chi connectivity index (χ4n) is 2.52. The van der Waals surface area contributed by atoms with E-state index in [-0.39, 0.29) is 5.91 Å². The van der Waals surface area contributed by atoms with E-state index in [0.717, 1.165) is 10.9 Å². The Labute approximate surface area is 124 Å². The minimum Gasteiger partial charge on any atom is -0.361 e. The summed E-state index contributed by atoms with van der Waals surface area (Å²) in [5.74, 6) is 0.267. The van der Waals surface area contributed by atoms with Gasteiger partial charge in [-0.1, -0.05) is 43.3 Å². The monoisotopic (exact) mass is 278 g/mol. The zero-order valence-electron chi connectivity index (χ0n) is 12.0. The average Bonchev–Trinajstić information content (AvgIpc) is 3.01. The number of rotatable bonds is 4. The molecule has 0 radical (unpaired) electrons. The first-order valence-corrected chi connectivity index (χ1v) is 7.15. The van der Waals surface area contributed by atoms with Crippen molar-refractivity contribution in [1.29, 1.82) is 0 Å². The van der Waals surface area contributed by atoms with Gasteiger partial charge in [-0.05, 0) is 29.7 Å². The number of H-pyrrole nitrogens is 1. The first-order chi connectivity index (χ1) is 10.3. The predicted molar refractivity (Wildman–Crippen MR) is 85.5 cm³/mol. The highest BCUT2D eigenvalue weighted by atomic mass is 16.1. The Morgan fingerprint density at radius 1 is 1.10 bits per heavy atom. The second kappa shape index (κ2) is 5.83. The number of aromatic nitrogens is 1. The molecule has 2 N–H and O–H groups in total. The van der Waals surface area contributed by atoms with Crippen LogP contribution in [-0.4, -0.2) is 17.4 Å². The zero-order chi connectivity index (χ0) is 14.7. The molecule has 1 unspecified atom stereocenters. The molecule has 2 aromatic carbocycles. The van der Waals surface area contributed by atoms with E-state index in [1.807, 2.05) is 48.7 Å². The van der Waals surface area contributed by atoms with E-state index in [2.05, 4.69) is 29.4 Å². The fraction of sp³-hybridized carbons (Fsp3) is 0.167. The van der Waals surface area contributed by atoms with Crippen LogP contribution < -0.4 is 5.32 Å². The molecule has 21 heavy (non-hydrogen) atoms. The van der Waals surface area contributed by atoms with Gasteiger partial charge in [0, 0.05) is 29.2 Å². The van der Waals surface area contributed by atoms with Crippen LogP contribution in [0.15, 0.2) is 60.8 Å². The number of hydrogen-bond donors (Lipinski definition) is 2. The molecule has 0 saturated heterocycles. The number of nitrogens with one attached hydrogen (secondary N) is 2. The van der Waals surface area contributed by atoms with E-state index in [1.165, 1.54) is 5.56 Å². The molecule has 0 aliphatic carbocycles. The second-order valence-corrected chi connectivity index (χ2v) is 5.27. The van der Waals surface area contributed by atoms with Crippen LogP contribution in [0.5, 0.6) is 0 Å². The number of aromatic amines is 1. The SMILES string of the molecule is CC(CNC(=O)c1cccc2[nH]ccc12)c1ccccc1. The quantitative estimate of drug-likeness (QED) is 0.751. The van der Waals surface area contributed by atoms with Gasteiger partial charge in [-0.25, -0.2) is 0 Å². The van der Waals surface area contributed by atoms with Crippen LogP contribution >= 0.6 is 0 Å². The number of benzene rings is 2. The van der Waals surface area contributed by atoms with Gasteiger partial charge in [0.15, 0.2) is 0 Å². The third kappa shape index (κ3) is 2.82. The van der Waals surface area contributed by atoms with Crippen molar-refractivity contribution in [3.05, 3.63) is 71.9 Å². The summed E-state index contributed by atoms with van der Waals surface area (Å²) < 4.78 is 0. The Bertz CT molecular complexity index is 746. The average molecular weight is 278 g/mol. The maximum atomic E-state index is 12.4. The van der Waals surface area contributed by atoms with E-state index in [9.17, 15) is 4.79 Å². The molecule has 0 bridgehead atoms. The Hall–Kier alpha value is -2.55. The minimum atomic E-state index is -0.0250. The van der Waals surface area contributed by atoms with Crippen molar-refractivity contribution in [3.8, 4) is 0 Å². The molecule has 1 heterocycles. The molecular formula is C18H18N2O. The van der Waals surface area contributed by atoms with Crippen molar-refractivity contribution in [2.75, 3.05) is 6.54 Å². The predicted octanol–water partition coefficient (Wildman–Crippen LogP) is 3.70. The molecule has 106 valence electrons. The lowest BCUT2D eigenvalue weighted by Gasteiger charge is -2.13. The Kier molecular flexibility index (Phi) is 3.73. The van der Waals surface area contributed by atoms with Crippen LogP contribution in [0.4, 0.5) is 0 Å². The van der Waals surface area contributed by atoms with Crippen LogP contribution in [0.1, 0.15) is 28.8 Å². The molecular weight excluding hydrogens is 260 g/mol. The van der Waals surface area contributed by atoms with Crippen molar-refractivity contribution in [2.24, 2.45) is 0 Å². The summed E-state index contributed by atoms with van der Waals surface area (Å²) in [6, 6.07) is 17.9. The van der Waals surface area contributed by atoms with Crippen molar-refractivity contribution in [3.63, 3.8) is 0 Å². The summed E-state index contributed by atoms with van der Waals surface area (Å²) >= 11 is 0. The highest BCUT2D eigenvalue weighted by Gasteiger charge is 2.12.